The molecule has 3 rings (SSSR count). The second-order valence-corrected chi connectivity index (χ2v) is 7.92. The molecule has 0 bridgehead atoms. The number of nitriles is 2. The van der Waals surface area contributed by atoms with Crippen molar-refractivity contribution in [2.75, 3.05) is 5.73 Å². The van der Waals surface area contributed by atoms with E-state index in [1.807, 2.05) is 12.1 Å². The normalized spacial score (nSPS) is 10.9. The molecule has 3 aromatic rings. The van der Waals surface area contributed by atoms with E-state index < -0.39 is 15.6 Å². The Kier molecular flexibility index (Phi) is 5.14. The molecular formula is C19H12ClN5O3S. The Bertz CT molecular complexity index is 1360. The standard InChI is InChI=1S/C19H12ClN5O3S/c20-12-3-1-11(2-4-12)17-15(9-21)18(23)25(19(26)16(17)10-22)13-5-7-14(8-6-13)29(24,27)28/h1-8H,23H2,(H2,24,27,28). The van der Waals surface area contributed by atoms with Gasteiger partial charge < -0.3 is 5.73 Å². The molecule has 1 heterocycles. The smallest absolute Gasteiger partial charge is 0.275 e. The minimum absolute atomic E-state index is 0.0704. The number of nitrogen functional groups attached to an aromatic ring is 1. The quantitative estimate of drug-likeness (QED) is 0.654. The molecule has 0 spiro atoms. The van der Waals surface area contributed by atoms with Crippen LogP contribution in [0.25, 0.3) is 16.8 Å². The Morgan fingerprint density at radius 3 is 1.97 bits per heavy atom. The molecule has 29 heavy (non-hydrogen) atoms. The molecule has 0 aliphatic rings. The van der Waals surface area contributed by atoms with Crippen LogP contribution in [0.3, 0.4) is 0 Å². The van der Waals surface area contributed by atoms with Gasteiger partial charge in [0.05, 0.1) is 10.6 Å². The summed E-state index contributed by atoms with van der Waals surface area (Å²) >= 11 is 5.89. The van der Waals surface area contributed by atoms with Crippen molar-refractivity contribution >= 4 is 27.4 Å². The molecule has 4 N–H and O–H groups in total. The van der Waals surface area contributed by atoms with Crippen LogP contribution in [0.15, 0.2) is 58.2 Å². The van der Waals surface area contributed by atoms with Crippen LogP contribution in [0.5, 0.6) is 0 Å². The predicted molar refractivity (Wildman–Crippen MR) is 108 cm³/mol. The fourth-order valence-corrected chi connectivity index (χ4v) is 3.50. The van der Waals surface area contributed by atoms with Crippen molar-refractivity contribution < 1.29 is 8.42 Å². The first-order chi connectivity index (χ1) is 13.7. The van der Waals surface area contributed by atoms with Crippen molar-refractivity contribution in [3.8, 4) is 29.0 Å². The molecule has 0 aliphatic heterocycles. The molecule has 0 atom stereocenters. The zero-order chi connectivity index (χ0) is 21.3. The molecule has 0 aliphatic carbocycles. The average molecular weight is 426 g/mol. The third-order valence-electron chi connectivity index (χ3n) is 4.19. The van der Waals surface area contributed by atoms with Crippen molar-refractivity contribution in [1.29, 1.82) is 10.5 Å². The minimum atomic E-state index is -3.93. The first kappa shape index (κ1) is 20.1. The Morgan fingerprint density at radius 1 is 0.931 bits per heavy atom. The maximum absolute atomic E-state index is 13.0. The number of primary sulfonamides is 1. The second kappa shape index (κ2) is 7.41. The van der Waals surface area contributed by atoms with Crippen molar-refractivity contribution in [3.63, 3.8) is 0 Å². The van der Waals surface area contributed by atoms with E-state index in [4.69, 9.17) is 22.5 Å². The van der Waals surface area contributed by atoms with Crippen LogP contribution in [0, 0.1) is 22.7 Å². The van der Waals surface area contributed by atoms with Crippen molar-refractivity contribution in [2.24, 2.45) is 5.14 Å². The summed E-state index contributed by atoms with van der Waals surface area (Å²) in [6.07, 6.45) is 0. The van der Waals surface area contributed by atoms with Gasteiger partial charge in [-0.05, 0) is 42.0 Å². The number of benzene rings is 2. The number of anilines is 1. The fraction of sp³-hybridized carbons (Fsp3) is 0. The number of nitrogens with zero attached hydrogens (tertiary/aromatic N) is 3. The third-order valence-corrected chi connectivity index (χ3v) is 5.38. The summed E-state index contributed by atoms with van der Waals surface area (Å²) in [5, 5.41) is 24.8. The zero-order valence-corrected chi connectivity index (χ0v) is 16.2. The summed E-state index contributed by atoms with van der Waals surface area (Å²) < 4.78 is 23.8. The van der Waals surface area contributed by atoms with Gasteiger partial charge in [0, 0.05) is 10.6 Å². The van der Waals surface area contributed by atoms with Gasteiger partial charge >= 0.3 is 0 Å². The van der Waals surface area contributed by atoms with E-state index in [2.05, 4.69) is 0 Å². The lowest BCUT2D eigenvalue weighted by Gasteiger charge is -2.16. The van der Waals surface area contributed by atoms with Crippen LogP contribution in [-0.4, -0.2) is 13.0 Å². The van der Waals surface area contributed by atoms with Gasteiger partial charge in [-0.3, -0.25) is 9.36 Å². The SMILES string of the molecule is N#Cc1c(-c2ccc(Cl)cc2)c(C#N)c(=O)n(-c2ccc(S(N)(=O)=O)cc2)c1N. The van der Waals surface area contributed by atoms with E-state index >= 15 is 0 Å². The largest absolute Gasteiger partial charge is 0.384 e. The molecule has 0 unspecified atom stereocenters. The summed E-state index contributed by atoms with van der Waals surface area (Å²) in [4.78, 5) is 12.9. The minimum Gasteiger partial charge on any atom is -0.384 e. The van der Waals surface area contributed by atoms with Crippen LogP contribution >= 0.6 is 11.6 Å². The highest BCUT2D eigenvalue weighted by molar-refractivity contribution is 7.89. The highest BCUT2D eigenvalue weighted by Crippen LogP contribution is 2.31. The first-order valence-electron chi connectivity index (χ1n) is 7.97. The number of halogens is 1. The molecule has 0 radical (unpaired) electrons. The van der Waals surface area contributed by atoms with E-state index in [9.17, 15) is 23.7 Å². The average Bonchev–Trinajstić information content (AvgIpc) is 2.68. The third kappa shape index (κ3) is 3.58. The van der Waals surface area contributed by atoms with Crippen LogP contribution < -0.4 is 16.4 Å². The molecule has 8 nitrogen and oxygen atoms in total. The fourth-order valence-electron chi connectivity index (χ4n) is 2.86. The first-order valence-corrected chi connectivity index (χ1v) is 9.89. The molecule has 10 heteroatoms. The number of hydrogen-bond acceptors (Lipinski definition) is 6. The van der Waals surface area contributed by atoms with Crippen LogP contribution in [0.2, 0.25) is 5.02 Å². The summed E-state index contributed by atoms with van der Waals surface area (Å²) in [5.41, 5.74) is 5.71. The lowest BCUT2D eigenvalue weighted by atomic mass is 9.96. The van der Waals surface area contributed by atoms with Gasteiger partial charge in [-0.1, -0.05) is 23.7 Å². The monoisotopic (exact) mass is 425 g/mol. The van der Waals surface area contributed by atoms with Crippen molar-refractivity contribution in [1.82, 2.24) is 4.57 Å². The van der Waals surface area contributed by atoms with Crippen LogP contribution in [-0.2, 0) is 10.0 Å². The van der Waals surface area contributed by atoms with E-state index in [1.165, 1.54) is 24.3 Å². The van der Waals surface area contributed by atoms with E-state index in [-0.39, 0.29) is 33.1 Å². The maximum atomic E-state index is 13.0. The van der Waals surface area contributed by atoms with Crippen LogP contribution in [0.4, 0.5) is 5.82 Å². The van der Waals surface area contributed by atoms with Crippen molar-refractivity contribution in [3.05, 3.63) is 75.0 Å². The van der Waals surface area contributed by atoms with Gasteiger partial charge in [-0.15, -0.1) is 0 Å². The summed E-state index contributed by atoms with van der Waals surface area (Å²) in [7, 11) is -3.93. The lowest BCUT2D eigenvalue weighted by molar-refractivity contribution is 0.598. The molecule has 0 amide bonds. The molecule has 144 valence electrons. The van der Waals surface area contributed by atoms with Gasteiger partial charge in [-0.2, -0.15) is 10.5 Å². The van der Waals surface area contributed by atoms with Gasteiger partial charge in [0.1, 0.15) is 29.1 Å². The zero-order valence-electron chi connectivity index (χ0n) is 14.6. The van der Waals surface area contributed by atoms with E-state index in [0.717, 1.165) is 4.57 Å². The van der Waals surface area contributed by atoms with Gasteiger partial charge in [-0.25, -0.2) is 13.6 Å². The number of aromatic nitrogens is 1. The van der Waals surface area contributed by atoms with Gasteiger partial charge in [0.2, 0.25) is 10.0 Å². The molecule has 0 saturated heterocycles. The van der Waals surface area contributed by atoms with Crippen molar-refractivity contribution in [2.45, 2.75) is 4.90 Å². The highest BCUT2D eigenvalue weighted by atomic mass is 35.5. The second-order valence-electron chi connectivity index (χ2n) is 5.92. The Morgan fingerprint density at radius 2 is 1.48 bits per heavy atom. The van der Waals surface area contributed by atoms with E-state index in [0.29, 0.717) is 10.6 Å². The maximum Gasteiger partial charge on any atom is 0.275 e. The Hall–Kier alpha value is -3.63. The summed E-state index contributed by atoms with van der Waals surface area (Å²) in [5.74, 6) is -0.190. The van der Waals surface area contributed by atoms with E-state index in [1.54, 1.807) is 24.3 Å². The topological polar surface area (TPSA) is 156 Å². The van der Waals surface area contributed by atoms with Crippen LogP contribution in [0.1, 0.15) is 11.1 Å². The highest BCUT2D eigenvalue weighted by Gasteiger charge is 2.22. The Balaban J connectivity index is 2.35. The number of pyridine rings is 1. The molecule has 0 fully saturated rings. The van der Waals surface area contributed by atoms with Gasteiger partial charge in [0.25, 0.3) is 5.56 Å². The van der Waals surface area contributed by atoms with Gasteiger partial charge in [0.15, 0.2) is 0 Å². The molecule has 2 aromatic carbocycles. The predicted octanol–water partition coefficient (Wildman–Crippen LogP) is 2.13. The number of sulfonamides is 1. The molecule has 1 aromatic heterocycles. The molecular weight excluding hydrogens is 414 g/mol. The summed E-state index contributed by atoms with van der Waals surface area (Å²) in [6.45, 7) is 0. The number of nitrogens with two attached hydrogens (primary N) is 2. The lowest BCUT2D eigenvalue weighted by Crippen LogP contribution is -2.26. The number of hydrogen-bond donors (Lipinski definition) is 2. The number of rotatable bonds is 3. The summed E-state index contributed by atoms with van der Waals surface area (Å²) in [6, 6.07) is 15.1. The Labute approximate surface area is 170 Å². The molecule has 0 saturated carbocycles.